The quantitative estimate of drug-likeness (QED) is 0.658. The molecule has 0 radical (unpaired) electrons. The smallest absolute Gasteiger partial charge is 0.181 e. The molecule has 0 aliphatic rings. The lowest BCUT2D eigenvalue weighted by Crippen LogP contribution is -2.05. The van der Waals surface area contributed by atoms with Gasteiger partial charge in [-0.3, -0.25) is 0 Å². The van der Waals surface area contributed by atoms with E-state index in [-0.39, 0.29) is 17.8 Å². The fourth-order valence-electron chi connectivity index (χ4n) is 1.53. The maximum absolute atomic E-state index is 13.3. The van der Waals surface area contributed by atoms with Gasteiger partial charge in [-0.05, 0) is 18.2 Å². The normalized spacial score (nSPS) is 10.6. The van der Waals surface area contributed by atoms with Gasteiger partial charge in [-0.15, -0.1) is 0 Å². The average molecular weight is 273 g/mol. The molecule has 0 bridgehead atoms. The summed E-state index contributed by atoms with van der Waals surface area (Å²) in [4.78, 5) is 0. The predicted octanol–water partition coefficient (Wildman–Crippen LogP) is 3.99. The zero-order valence-corrected chi connectivity index (χ0v) is 9.48. The number of benzene rings is 2. The van der Waals surface area contributed by atoms with Crippen molar-refractivity contribution in [2.24, 2.45) is 0 Å². The predicted molar refractivity (Wildman–Crippen MR) is 60.0 cm³/mol. The summed E-state index contributed by atoms with van der Waals surface area (Å²) in [5, 5.41) is 2.41. The lowest BCUT2D eigenvalue weighted by molar-refractivity contribution is 0.490. The van der Waals surface area contributed by atoms with Gasteiger partial charge < -0.3 is 5.32 Å². The van der Waals surface area contributed by atoms with E-state index in [9.17, 15) is 22.0 Å². The first-order valence-corrected chi connectivity index (χ1v) is 5.30. The van der Waals surface area contributed by atoms with Crippen molar-refractivity contribution in [3.63, 3.8) is 0 Å². The zero-order valence-electron chi connectivity index (χ0n) is 9.48. The van der Waals surface area contributed by atoms with Crippen LogP contribution in [0.15, 0.2) is 30.3 Å². The molecule has 1 N–H and O–H groups in total. The van der Waals surface area contributed by atoms with Crippen molar-refractivity contribution < 1.29 is 22.0 Å². The Kier molecular flexibility index (Phi) is 3.69. The molecule has 19 heavy (non-hydrogen) atoms. The van der Waals surface area contributed by atoms with Gasteiger partial charge in [0, 0.05) is 18.2 Å². The third-order valence-corrected chi connectivity index (χ3v) is 2.51. The van der Waals surface area contributed by atoms with Crippen LogP contribution in [-0.2, 0) is 6.54 Å². The average Bonchev–Trinajstić information content (AvgIpc) is 2.37. The van der Waals surface area contributed by atoms with Crippen molar-refractivity contribution in [2.45, 2.75) is 6.54 Å². The van der Waals surface area contributed by atoms with Gasteiger partial charge in [0.25, 0.3) is 0 Å². The highest BCUT2D eigenvalue weighted by Gasteiger charge is 2.11. The third-order valence-electron chi connectivity index (χ3n) is 2.51. The van der Waals surface area contributed by atoms with Crippen LogP contribution in [0.5, 0.6) is 0 Å². The summed E-state index contributed by atoms with van der Waals surface area (Å²) < 4.78 is 65.1. The zero-order chi connectivity index (χ0) is 14.0. The first kappa shape index (κ1) is 13.3. The largest absolute Gasteiger partial charge is 0.378 e. The summed E-state index contributed by atoms with van der Waals surface area (Å²) in [6, 6.07) is 4.50. The molecule has 6 heteroatoms. The number of hydrogen-bond acceptors (Lipinski definition) is 1. The number of hydrogen-bond donors (Lipinski definition) is 1. The molecule has 0 unspecified atom stereocenters. The molecule has 0 saturated carbocycles. The molecule has 100 valence electrons. The highest BCUT2D eigenvalue weighted by atomic mass is 19.2. The molecule has 0 heterocycles. The van der Waals surface area contributed by atoms with Gasteiger partial charge in [-0.1, -0.05) is 6.07 Å². The Morgan fingerprint density at radius 3 is 2.21 bits per heavy atom. The maximum atomic E-state index is 13.3. The van der Waals surface area contributed by atoms with E-state index in [1.165, 1.54) is 12.1 Å². The van der Waals surface area contributed by atoms with Gasteiger partial charge in [0.2, 0.25) is 0 Å². The molecule has 0 atom stereocenters. The van der Waals surface area contributed by atoms with Gasteiger partial charge in [0.15, 0.2) is 23.3 Å². The lowest BCUT2D eigenvalue weighted by Gasteiger charge is -2.09. The molecule has 2 rings (SSSR count). The highest BCUT2D eigenvalue weighted by Crippen LogP contribution is 2.19. The van der Waals surface area contributed by atoms with E-state index in [0.717, 1.165) is 6.07 Å². The number of halogens is 5. The van der Waals surface area contributed by atoms with Crippen molar-refractivity contribution >= 4 is 5.69 Å². The molecular weight excluding hydrogens is 265 g/mol. The SMILES string of the molecule is Fc1cc(F)c(CNc2cccc(F)c2F)cc1F. The molecule has 0 fully saturated rings. The van der Waals surface area contributed by atoms with Crippen LogP contribution in [0, 0.1) is 29.1 Å². The second-order valence-electron chi connectivity index (χ2n) is 3.81. The van der Waals surface area contributed by atoms with E-state index in [4.69, 9.17) is 0 Å². The van der Waals surface area contributed by atoms with E-state index in [1.54, 1.807) is 0 Å². The minimum Gasteiger partial charge on any atom is -0.378 e. The fourth-order valence-corrected chi connectivity index (χ4v) is 1.53. The Hall–Kier alpha value is -2.11. The van der Waals surface area contributed by atoms with Crippen LogP contribution in [0.1, 0.15) is 5.56 Å². The summed E-state index contributed by atoms with van der Waals surface area (Å²) in [5.41, 5.74) is -0.383. The Labute approximate surface area is 105 Å². The molecule has 0 aliphatic carbocycles. The van der Waals surface area contributed by atoms with Crippen molar-refractivity contribution in [3.8, 4) is 0 Å². The van der Waals surface area contributed by atoms with E-state index in [2.05, 4.69) is 5.32 Å². The number of nitrogens with one attached hydrogen (secondary N) is 1. The van der Waals surface area contributed by atoms with Crippen LogP contribution in [0.2, 0.25) is 0 Å². The standard InChI is InChI=1S/C13H8F5N/c14-8-2-1-3-12(13(8)18)19-6-7-4-10(16)11(17)5-9(7)15/h1-5,19H,6H2. The minimum atomic E-state index is -1.31. The molecular formula is C13H8F5N. The van der Waals surface area contributed by atoms with Crippen molar-refractivity contribution in [1.29, 1.82) is 0 Å². The first-order valence-electron chi connectivity index (χ1n) is 5.30. The second-order valence-corrected chi connectivity index (χ2v) is 3.81. The Morgan fingerprint density at radius 1 is 0.789 bits per heavy atom. The molecule has 0 aromatic heterocycles. The third kappa shape index (κ3) is 2.83. The first-order chi connectivity index (χ1) is 8.99. The van der Waals surface area contributed by atoms with Gasteiger partial charge in [-0.2, -0.15) is 0 Å². The Morgan fingerprint density at radius 2 is 1.47 bits per heavy atom. The number of anilines is 1. The van der Waals surface area contributed by atoms with Crippen molar-refractivity contribution in [2.75, 3.05) is 5.32 Å². The van der Waals surface area contributed by atoms with Crippen LogP contribution >= 0.6 is 0 Å². The van der Waals surface area contributed by atoms with Crippen molar-refractivity contribution in [1.82, 2.24) is 0 Å². The van der Waals surface area contributed by atoms with Crippen LogP contribution in [-0.4, -0.2) is 0 Å². The summed E-state index contributed by atoms with van der Waals surface area (Å²) in [5.74, 6) is -5.67. The molecule has 0 amide bonds. The minimum absolute atomic E-state index is 0.191. The Balaban J connectivity index is 2.19. The van der Waals surface area contributed by atoms with Crippen molar-refractivity contribution in [3.05, 3.63) is 65.0 Å². The monoisotopic (exact) mass is 273 g/mol. The lowest BCUT2D eigenvalue weighted by atomic mass is 10.2. The van der Waals surface area contributed by atoms with Crippen LogP contribution in [0.4, 0.5) is 27.6 Å². The van der Waals surface area contributed by atoms with Crippen LogP contribution in [0.3, 0.4) is 0 Å². The van der Waals surface area contributed by atoms with E-state index in [1.807, 2.05) is 0 Å². The van der Waals surface area contributed by atoms with Gasteiger partial charge in [-0.25, -0.2) is 22.0 Å². The summed E-state index contributed by atoms with van der Waals surface area (Å²) in [6.07, 6.45) is 0. The van der Waals surface area contributed by atoms with Crippen LogP contribution in [0.25, 0.3) is 0 Å². The maximum Gasteiger partial charge on any atom is 0.181 e. The summed E-state index contributed by atoms with van der Waals surface area (Å²) >= 11 is 0. The summed E-state index contributed by atoms with van der Waals surface area (Å²) in [6.45, 7) is -0.302. The van der Waals surface area contributed by atoms with Gasteiger partial charge >= 0.3 is 0 Å². The highest BCUT2D eigenvalue weighted by molar-refractivity contribution is 5.45. The molecule has 2 aromatic carbocycles. The molecule has 0 saturated heterocycles. The fraction of sp³-hybridized carbons (Fsp3) is 0.0769. The topological polar surface area (TPSA) is 12.0 Å². The molecule has 0 aliphatic heterocycles. The van der Waals surface area contributed by atoms with Gasteiger partial charge in [0.1, 0.15) is 5.82 Å². The molecule has 0 spiro atoms. The van der Waals surface area contributed by atoms with E-state index < -0.39 is 29.1 Å². The van der Waals surface area contributed by atoms with E-state index in [0.29, 0.717) is 12.1 Å². The van der Waals surface area contributed by atoms with Crippen LogP contribution < -0.4 is 5.32 Å². The van der Waals surface area contributed by atoms with Gasteiger partial charge in [0.05, 0.1) is 5.69 Å². The molecule has 1 nitrogen and oxygen atoms in total. The molecule has 2 aromatic rings. The summed E-state index contributed by atoms with van der Waals surface area (Å²) in [7, 11) is 0. The van der Waals surface area contributed by atoms with E-state index >= 15 is 0 Å². The second kappa shape index (κ2) is 5.26. The number of rotatable bonds is 3. The Bertz CT molecular complexity index is 612.